The Kier molecular flexibility index (Phi) is 4.83. The Hall–Kier alpha value is -2.05. The second kappa shape index (κ2) is 7.02. The molecule has 1 aromatic heterocycles. The molecular weight excluding hydrogens is 314 g/mol. The second-order valence-electron chi connectivity index (χ2n) is 5.68. The van der Waals surface area contributed by atoms with Crippen molar-refractivity contribution >= 4 is 17.6 Å². The number of primary amides is 1. The summed E-state index contributed by atoms with van der Waals surface area (Å²) in [5.74, 6) is 0. The van der Waals surface area contributed by atoms with Crippen molar-refractivity contribution in [3.05, 3.63) is 47.2 Å². The van der Waals surface area contributed by atoms with Gasteiger partial charge in [0.2, 0.25) is 0 Å². The molecule has 1 aliphatic heterocycles. The lowest BCUT2D eigenvalue weighted by Gasteiger charge is -2.19. The van der Waals surface area contributed by atoms with E-state index in [1.165, 1.54) is 0 Å². The molecule has 0 unspecified atom stereocenters. The molecule has 2 amide bonds. The van der Waals surface area contributed by atoms with E-state index in [2.05, 4.69) is 10.00 Å². The second-order valence-corrected chi connectivity index (χ2v) is 6.12. The smallest absolute Gasteiger partial charge is 0.314 e. The zero-order valence-electron chi connectivity index (χ0n) is 12.9. The van der Waals surface area contributed by atoms with Crippen molar-refractivity contribution in [2.24, 2.45) is 5.73 Å². The molecule has 2 N–H and O–H groups in total. The lowest BCUT2D eigenvalue weighted by atomic mass is 10.3. The fourth-order valence-corrected chi connectivity index (χ4v) is 2.89. The van der Waals surface area contributed by atoms with Crippen LogP contribution in [0.1, 0.15) is 12.1 Å². The van der Waals surface area contributed by atoms with E-state index in [0.29, 0.717) is 11.6 Å². The number of halogens is 1. The van der Waals surface area contributed by atoms with E-state index in [-0.39, 0.29) is 6.03 Å². The van der Waals surface area contributed by atoms with Crippen LogP contribution < -0.4 is 5.73 Å². The average molecular weight is 334 g/mol. The molecule has 0 bridgehead atoms. The molecule has 0 saturated carbocycles. The van der Waals surface area contributed by atoms with Crippen LogP contribution in [0, 0.1) is 0 Å². The standard InChI is InChI=1S/C16H20ClN5O/c17-13-2-4-15(5-3-13)22-9-6-14(19-22)12-20-7-1-8-21(11-10-20)16(18)23/h2-6,9H,1,7-8,10-12H2,(H2,18,23). The minimum absolute atomic E-state index is 0.334. The highest BCUT2D eigenvalue weighted by molar-refractivity contribution is 6.30. The number of nitrogens with zero attached hydrogens (tertiary/aromatic N) is 4. The van der Waals surface area contributed by atoms with Gasteiger partial charge in [-0.25, -0.2) is 9.48 Å². The van der Waals surface area contributed by atoms with Gasteiger partial charge in [0.25, 0.3) is 0 Å². The van der Waals surface area contributed by atoms with Gasteiger partial charge in [-0.15, -0.1) is 0 Å². The van der Waals surface area contributed by atoms with Crippen molar-refractivity contribution in [1.82, 2.24) is 19.6 Å². The van der Waals surface area contributed by atoms with Gasteiger partial charge < -0.3 is 10.6 Å². The summed E-state index contributed by atoms with van der Waals surface area (Å²) in [6.45, 7) is 3.93. The molecule has 3 rings (SSSR count). The van der Waals surface area contributed by atoms with Crippen LogP contribution in [0.25, 0.3) is 5.69 Å². The summed E-state index contributed by atoms with van der Waals surface area (Å²) in [6, 6.07) is 9.27. The number of carbonyl (C=O) groups excluding carboxylic acids is 1. The molecule has 0 radical (unpaired) electrons. The monoisotopic (exact) mass is 333 g/mol. The maximum absolute atomic E-state index is 11.3. The summed E-state index contributed by atoms with van der Waals surface area (Å²) in [7, 11) is 0. The normalized spacial score (nSPS) is 16.3. The topological polar surface area (TPSA) is 67.4 Å². The highest BCUT2D eigenvalue weighted by Crippen LogP contribution is 2.14. The lowest BCUT2D eigenvalue weighted by molar-refractivity contribution is 0.207. The van der Waals surface area contributed by atoms with Crippen LogP contribution in [0.4, 0.5) is 4.79 Å². The third kappa shape index (κ3) is 4.03. The van der Waals surface area contributed by atoms with Crippen LogP contribution in [-0.2, 0) is 6.54 Å². The number of benzene rings is 1. The molecular formula is C16H20ClN5O. The SMILES string of the molecule is NC(=O)N1CCCN(Cc2ccn(-c3ccc(Cl)cc3)n2)CC1. The fourth-order valence-electron chi connectivity index (χ4n) is 2.76. The predicted octanol–water partition coefficient (Wildman–Crippen LogP) is 2.11. The molecule has 2 aromatic rings. The quantitative estimate of drug-likeness (QED) is 0.935. The maximum atomic E-state index is 11.3. The van der Waals surface area contributed by atoms with Crippen molar-refractivity contribution in [3.8, 4) is 5.69 Å². The van der Waals surface area contributed by atoms with E-state index in [1.54, 1.807) is 4.90 Å². The molecule has 23 heavy (non-hydrogen) atoms. The zero-order valence-corrected chi connectivity index (χ0v) is 13.6. The Bertz CT molecular complexity index is 669. The van der Waals surface area contributed by atoms with E-state index in [4.69, 9.17) is 17.3 Å². The van der Waals surface area contributed by atoms with Gasteiger partial charge in [0.05, 0.1) is 11.4 Å². The number of rotatable bonds is 3. The van der Waals surface area contributed by atoms with Gasteiger partial charge in [0.15, 0.2) is 0 Å². The van der Waals surface area contributed by atoms with Gasteiger partial charge in [-0.05, 0) is 36.8 Å². The highest BCUT2D eigenvalue weighted by Gasteiger charge is 2.17. The Morgan fingerprint density at radius 2 is 1.91 bits per heavy atom. The third-order valence-corrected chi connectivity index (χ3v) is 4.27. The minimum Gasteiger partial charge on any atom is -0.351 e. The zero-order chi connectivity index (χ0) is 16.2. The number of aromatic nitrogens is 2. The summed E-state index contributed by atoms with van der Waals surface area (Å²) < 4.78 is 1.85. The van der Waals surface area contributed by atoms with Crippen molar-refractivity contribution in [3.63, 3.8) is 0 Å². The summed E-state index contributed by atoms with van der Waals surface area (Å²) in [6.07, 6.45) is 2.88. The molecule has 1 aliphatic rings. The lowest BCUT2D eigenvalue weighted by Crippen LogP contribution is -2.38. The number of carbonyl (C=O) groups is 1. The van der Waals surface area contributed by atoms with Crippen LogP contribution in [0.5, 0.6) is 0 Å². The molecule has 1 aromatic carbocycles. The largest absolute Gasteiger partial charge is 0.351 e. The summed E-state index contributed by atoms with van der Waals surface area (Å²) in [4.78, 5) is 15.3. The van der Waals surface area contributed by atoms with Gasteiger partial charge in [-0.1, -0.05) is 11.6 Å². The third-order valence-electron chi connectivity index (χ3n) is 4.02. The average Bonchev–Trinajstić information content (AvgIpc) is 2.86. The Morgan fingerprint density at radius 3 is 2.65 bits per heavy atom. The number of hydrogen-bond acceptors (Lipinski definition) is 3. The van der Waals surface area contributed by atoms with Crippen molar-refractivity contribution < 1.29 is 4.79 Å². The number of hydrogen-bond donors (Lipinski definition) is 1. The van der Waals surface area contributed by atoms with Crippen LogP contribution >= 0.6 is 11.6 Å². The number of urea groups is 1. The van der Waals surface area contributed by atoms with E-state index >= 15 is 0 Å². The van der Waals surface area contributed by atoms with Crippen molar-refractivity contribution in [2.75, 3.05) is 26.2 Å². The minimum atomic E-state index is -0.334. The first kappa shape index (κ1) is 15.8. The highest BCUT2D eigenvalue weighted by atomic mass is 35.5. The van der Waals surface area contributed by atoms with E-state index < -0.39 is 0 Å². The van der Waals surface area contributed by atoms with Gasteiger partial charge >= 0.3 is 6.03 Å². The summed E-state index contributed by atoms with van der Waals surface area (Å²) >= 11 is 5.91. The first-order valence-corrected chi connectivity index (χ1v) is 8.07. The van der Waals surface area contributed by atoms with Gasteiger partial charge in [-0.2, -0.15) is 5.10 Å². The molecule has 0 aliphatic carbocycles. The van der Waals surface area contributed by atoms with Crippen LogP contribution in [0.15, 0.2) is 36.5 Å². The van der Waals surface area contributed by atoms with Crippen molar-refractivity contribution in [1.29, 1.82) is 0 Å². The van der Waals surface area contributed by atoms with Gasteiger partial charge in [0, 0.05) is 43.9 Å². The molecule has 1 saturated heterocycles. The molecule has 0 spiro atoms. The number of nitrogens with two attached hydrogens (primary N) is 1. The Morgan fingerprint density at radius 1 is 1.13 bits per heavy atom. The van der Waals surface area contributed by atoms with E-state index in [1.807, 2.05) is 41.2 Å². The Balaban J connectivity index is 1.62. The van der Waals surface area contributed by atoms with Gasteiger partial charge in [-0.3, -0.25) is 4.90 Å². The van der Waals surface area contributed by atoms with Gasteiger partial charge in [0.1, 0.15) is 0 Å². The fraction of sp³-hybridized carbons (Fsp3) is 0.375. The Labute approximate surface area is 140 Å². The molecule has 2 heterocycles. The molecule has 0 atom stereocenters. The molecule has 6 nitrogen and oxygen atoms in total. The predicted molar refractivity (Wildman–Crippen MR) is 89.6 cm³/mol. The van der Waals surface area contributed by atoms with Crippen LogP contribution in [-0.4, -0.2) is 51.8 Å². The van der Waals surface area contributed by atoms with Crippen molar-refractivity contribution in [2.45, 2.75) is 13.0 Å². The van der Waals surface area contributed by atoms with E-state index in [9.17, 15) is 4.79 Å². The molecule has 7 heteroatoms. The van der Waals surface area contributed by atoms with Crippen LogP contribution in [0.2, 0.25) is 5.02 Å². The maximum Gasteiger partial charge on any atom is 0.314 e. The molecule has 1 fully saturated rings. The first-order chi connectivity index (χ1) is 11.1. The summed E-state index contributed by atoms with van der Waals surface area (Å²) in [5, 5.41) is 5.33. The first-order valence-electron chi connectivity index (χ1n) is 7.69. The van der Waals surface area contributed by atoms with E-state index in [0.717, 1.165) is 44.0 Å². The number of amides is 2. The summed E-state index contributed by atoms with van der Waals surface area (Å²) in [5.41, 5.74) is 7.35. The van der Waals surface area contributed by atoms with Crippen LogP contribution in [0.3, 0.4) is 0 Å². The molecule has 122 valence electrons.